The number of hydrogen-bond acceptors (Lipinski definition) is 4. The Hall–Kier alpha value is -1.65. The normalized spacial score (nSPS) is 22.8. The maximum absolute atomic E-state index is 12.3. The molecule has 20 heavy (non-hydrogen) atoms. The molecule has 0 radical (unpaired) electrons. The van der Waals surface area contributed by atoms with Crippen molar-refractivity contribution in [1.82, 2.24) is 4.90 Å². The summed E-state index contributed by atoms with van der Waals surface area (Å²) in [5.41, 5.74) is 0.760. The number of furan rings is 1. The fourth-order valence-electron chi connectivity index (χ4n) is 2.84. The van der Waals surface area contributed by atoms with Gasteiger partial charge in [-0.15, -0.1) is 0 Å². The number of hydrogen-bond donors (Lipinski definition) is 0. The minimum Gasteiger partial charge on any atom is -0.453 e. The number of Topliss-reactive ketones (excluding diaryl/α,β-unsaturated/α-hetero) is 1. The summed E-state index contributed by atoms with van der Waals surface area (Å²) >= 11 is 0. The maximum atomic E-state index is 12.3. The van der Waals surface area contributed by atoms with Crippen LogP contribution < -0.4 is 0 Å². The molecule has 1 aromatic heterocycles. The highest BCUT2D eigenvalue weighted by Gasteiger charge is 2.29. The molecular weight excluding hydrogens is 254 g/mol. The first-order valence-corrected chi connectivity index (χ1v) is 6.99. The van der Waals surface area contributed by atoms with Crippen LogP contribution >= 0.6 is 0 Å². The van der Waals surface area contributed by atoms with E-state index in [2.05, 4.69) is 11.8 Å². The van der Waals surface area contributed by atoms with Crippen LogP contribution in [0.1, 0.15) is 23.9 Å². The molecule has 3 rings (SSSR count). The van der Waals surface area contributed by atoms with Gasteiger partial charge >= 0.3 is 0 Å². The van der Waals surface area contributed by atoms with Crippen molar-refractivity contribution in [2.75, 3.05) is 20.2 Å². The number of rotatable bonds is 4. The Kier molecular flexibility index (Phi) is 3.59. The molecule has 0 bridgehead atoms. The molecule has 0 saturated carbocycles. The van der Waals surface area contributed by atoms with Gasteiger partial charge in [-0.3, -0.25) is 9.69 Å². The molecule has 0 spiro atoms. The standard InChI is InChI=1S/C16H19NO3/c1-11-13(7-8-19-11)17(2)10-14(18)16-9-12-5-3-4-6-15(12)20-16/h3-6,9,11,13H,7-8,10H2,1-2H3. The summed E-state index contributed by atoms with van der Waals surface area (Å²) in [5.74, 6) is 0.451. The quantitative estimate of drug-likeness (QED) is 0.803. The third-order valence-corrected chi connectivity index (χ3v) is 4.00. The Morgan fingerprint density at radius 2 is 2.20 bits per heavy atom. The molecule has 4 heteroatoms. The maximum Gasteiger partial charge on any atom is 0.211 e. The molecule has 1 aliphatic heterocycles. The average Bonchev–Trinajstić information content (AvgIpc) is 3.04. The summed E-state index contributed by atoms with van der Waals surface area (Å²) in [6, 6.07) is 9.80. The van der Waals surface area contributed by atoms with Crippen LogP contribution in [0.4, 0.5) is 0 Å². The molecule has 1 fully saturated rings. The third kappa shape index (κ3) is 2.49. The average molecular weight is 273 g/mol. The smallest absolute Gasteiger partial charge is 0.211 e. The van der Waals surface area contributed by atoms with Gasteiger partial charge in [0.1, 0.15) is 5.58 Å². The van der Waals surface area contributed by atoms with Gasteiger partial charge in [-0.1, -0.05) is 18.2 Å². The number of carbonyl (C=O) groups is 1. The Bertz CT molecular complexity index is 586. The van der Waals surface area contributed by atoms with E-state index in [-0.39, 0.29) is 11.9 Å². The van der Waals surface area contributed by atoms with E-state index in [0.29, 0.717) is 18.3 Å². The van der Waals surface area contributed by atoms with Crippen LogP contribution in [0, 0.1) is 0 Å². The summed E-state index contributed by atoms with van der Waals surface area (Å²) < 4.78 is 11.2. The lowest BCUT2D eigenvalue weighted by molar-refractivity contribution is 0.0732. The summed E-state index contributed by atoms with van der Waals surface area (Å²) in [4.78, 5) is 14.4. The molecule has 2 unspecified atom stereocenters. The van der Waals surface area contributed by atoms with Gasteiger partial charge < -0.3 is 9.15 Å². The number of fused-ring (bicyclic) bond motifs is 1. The predicted octanol–water partition coefficient (Wildman–Crippen LogP) is 2.72. The van der Waals surface area contributed by atoms with Crippen LogP contribution in [-0.2, 0) is 4.74 Å². The predicted molar refractivity (Wildman–Crippen MR) is 77.0 cm³/mol. The number of carbonyl (C=O) groups excluding carboxylic acids is 1. The Morgan fingerprint density at radius 1 is 1.40 bits per heavy atom. The monoisotopic (exact) mass is 273 g/mol. The summed E-state index contributed by atoms with van der Waals surface area (Å²) in [6.45, 7) is 3.19. The van der Waals surface area contributed by atoms with Crippen LogP contribution in [0.2, 0.25) is 0 Å². The number of para-hydroxylation sites is 1. The van der Waals surface area contributed by atoms with Crippen LogP contribution in [0.3, 0.4) is 0 Å². The molecule has 4 nitrogen and oxygen atoms in total. The molecule has 2 atom stereocenters. The number of benzene rings is 1. The van der Waals surface area contributed by atoms with Gasteiger partial charge in [0, 0.05) is 18.0 Å². The second-order valence-electron chi connectivity index (χ2n) is 5.42. The zero-order chi connectivity index (χ0) is 14.1. The minimum atomic E-state index is 0.0165. The molecular formula is C16H19NO3. The van der Waals surface area contributed by atoms with Crippen molar-refractivity contribution in [2.45, 2.75) is 25.5 Å². The van der Waals surface area contributed by atoms with Gasteiger partial charge in [0.2, 0.25) is 5.78 Å². The lowest BCUT2D eigenvalue weighted by atomic mass is 10.1. The van der Waals surface area contributed by atoms with Crippen molar-refractivity contribution >= 4 is 16.8 Å². The van der Waals surface area contributed by atoms with E-state index in [4.69, 9.17) is 9.15 Å². The lowest BCUT2D eigenvalue weighted by Crippen LogP contribution is -2.39. The van der Waals surface area contributed by atoms with Crippen LogP contribution in [0.25, 0.3) is 11.0 Å². The van der Waals surface area contributed by atoms with Crippen LogP contribution in [0.5, 0.6) is 0 Å². The van der Waals surface area contributed by atoms with Gasteiger partial charge in [0.05, 0.1) is 12.6 Å². The van der Waals surface area contributed by atoms with Crippen LogP contribution in [0.15, 0.2) is 34.7 Å². The molecule has 1 aliphatic rings. The van der Waals surface area contributed by atoms with Crippen LogP contribution in [-0.4, -0.2) is 43.0 Å². The fourth-order valence-corrected chi connectivity index (χ4v) is 2.84. The minimum absolute atomic E-state index is 0.0165. The molecule has 1 aromatic carbocycles. The topological polar surface area (TPSA) is 42.7 Å². The number of ketones is 1. The fraction of sp³-hybridized carbons (Fsp3) is 0.438. The largest absolute Gasteiger partial charge is 0.453 e. The van der Waals surface area contributed by atoms with Gasteiger partial charge in [-0.2, -0.15) is 0 Å². The van der Waals surface area contributed by atoms with Gasteiger partial charge in [-0.05, 0) is 32.5 Å². The molecule has 106 valence electrons. The van der Waals surface area contributed by atoms with Gasteiger partial charge in [0.15, 0.2) is 5.76 Å². The number of ether oxygens (including phenoxy) is 1. The Balaban J connectivity index is 1.72. The van der Waals surface area contributed by atoms with Crippen molar-refractivity contribution in [2.24, 2.45) is 0 Å². The van der Waals surface area contributed by atoms with Gasteiger partial charge in [-0.25, -0.2) is 0 Å². The van der Waals surface area contributed by atoms with Crippen molar-refractivity contribution in [3.8, 4) is 0 Å². The lowest BCUT2D eigenvalue weighted by Gasteiger charge is -2.25. The molecule has 1 saturated heterocycles. The Morgan fingerprint density at radius 3 is 2.90 bits per heavy atom. The first kappa shape index (κ1) is 13.3. The number of likely N-dealkylation sites (N-methyl/N-ethyl adjacent to an activating group) is 1. The SMILES string of the molecule is CC1OCCC1N(C)CC(=O)c1cc2ccccc2o1. The summed E-state index contributed by atoms with van der Waals surface area (Å²) in [5, 5.41) is 0.969. The highest BCUT2D eigenvalue weighted by atomic mass is 16.5. The first-order chi connectivity index (χ1) is 9.65. The molecule has 2 aromatic rings. The van der Waals surface area contributed by atoms with Crippen molar-refractivity contribution in [3.63, 3.8) is 0 Å². The highest BCUT2D eigenvalue weighted by Crippen LogP contribution is 2.21. The molecule has 0 N–H and O–H groups in total. The van der Waals surface area contributed by atoms with Crippen molar-refractivity contribution in [1.29, 1.82) is 0 Å². The summed E-state index contributed by atoms with van der Waals surface area (Å²) in [6.07, 6.45) is 1.16. The second-order valence-corrected chi connectivity index (χ2v) is 5.42. The zero-order valence-corrected chi connectivity index (χ0v) is 11.8. The third-order valence-electron chi connectivity index (χ3n) is 4.00. The van der Waals surface area contributed by atoms with Gasteiger partial charge in [0.25, 0.3) is 0 Å². The van der Waals surface area contributed by atoms with E-state index in [1.807, 2.05) is 37.4 Å². The highest BCUT2D eigenvalue weighted by molar-refractivity contribution is 5.98. The van der Waals surface area contributed by atoms with E-state index in [1.165, 1.54) is 0 Å². The van der Waals surface area contributed by atoms with Crippen molar-refractivity contribution in [3.05, 3.63) is 36.1 Å². The second kappa shape index (κ2) is 5.38. The Labute approximate surface area is 118 Å². The number of nitrogens with zero attached hydrogens (tertiary/aromatic N) is 1. The van der Waals surface area contributed by atoms with E-state index in [1.54, 1.807) is 0 Å². The molecule has 0 amide bonds. The van der Waals surface area contributed by atoms with E-state index in [9.17, 15) is 4.79 Å². The summed E-state index contributed by atoms with van der Waals surface area (Å²) in [7, 11) is 1.97. The first-order valence-electron chi connectivity index (χ1n) is 6.99. The molecule has 0 aliphatic carbocycles. The zero-order valence-electron chi connectivity index (χ0n) is 11.8. The van der Waals surface area contributed by atoms with E-state index in [0.717, 1.165) is 24.0 Å². The van der Waals surface area contributed by atoms with Crippen molar-refractivity contribution < 1.29 is 13.9 Å². The van der Waals surface area contributed by atoms with E-state index >= 15 is 0 Å². The molecule has 2 heterocycles. The van der Waals surface area contributed by atoms with E-state index < -0.39 is 0 Å².